The number of aromatic carboxylic acids is 1. The highest BCUT2D eigenvalue weighted by Gasteiger charge is 2.09. The summed E-state index contributed by atoms with van der Waals surface area (Å²) in [5.41, 5.74) is 2.21. The Labute approximate surface area is 103 Å². The fourth-order valence-corrected chi connectivity index (χ4v) is 1.50. The van der Waals surface area contributed by atoms with Gasteiger partial charge in [-0.2, -0.15) is 0 Å². The molecule has 0 bridgehead atoms. The first kappa shape index (κ1) is 12.1. The minimum atomic E-state index is -0.949. The Morgan fingerprint density at radius 3 is 2.72 bits per heavy atom. The fraction of sp³-hybridized carbons (Fsp3) is 0.250. The maximum absolute atomic E-state index is 10.9. The van der Waals surface area contributed by atoms with Gasteiger partial charge in [0.1, 0.15) is 23.7 Å². The van der Waals surface area contributed by atoms with Gasteiger partial charge in [0.25, 0.3) is 0 Å². The molecule has 2 rings (SSSR count). The van der Waals surface area contributed by atoms with Crippen LogP contribution in [0.5, 0.6) is 5.75 Å². The number of aryl methyl sites for hydroxylation is 2. The van der Waals surface area contributed by atoms with Gasteiger partial charge in [-0.1, -0.05) is 10.3 Å². The third kappa shape index (κ3) is 2.48. The lowest BCUT2D eigenvalue weighted by atomic mass is 10.1. The molecule has 1 aromatic heterocycles. The number of hydrogen-bond acceptors (Lipinski definition) is 5. The maximum atomic E-state index is 10.9. The van der Waals surface area contributed by atoms with Crippen molar-refractivity contribution in [3.8, 4) is 5.75 Å². The van der Waals surface area contributed by atoms with Crippen LogP contribution >= 0.6 is 0 Å². The second-order valence-corrected chi connectivity index (χ2v) is 3.87. The zero-order valence-electron chi connectivity index (χ0n) is 10.0. The molecule has 0 aliphatic rings. The minimum Gasteiger partial charge on any atom is -0.487 e. The predicted molar refractivity (Wildman–Crippen MR) is 61.5 cm³/mol. The number of benzene rings is 1. The fourth-order valence-electron chi connectivity index (χ4n) is 1.50. The first-order valence-electron chi connectivity index (χ1n) is 5.32. The number of hydrogen-bond donors (Lipinski definition) is 1. The molecule has 6 nitrogen and oxygen atoms in total. The monoisotopic (exact) mass is 248 g/mol. The summed E-state index contributed by atoms with van der Waals surface area (Å²) in [6.07, 6.45) is 0. The Kier molecular flexibility index (Phi) is 3.27. The molecule has 0 saturated heterocycles. The van der Waals surface area contributed by atoms with E-state index in [0.29, 0.717) is 22.7 Å². The van der Waals surface area contributed by atoms with E-state index in [1.807, 2.05) is 0 Å². The molecule has 0 unspecified atom stereocenters. The molecule has 0 atom stereocenters. The van der Waals surface area contributed by atoms with E-state index in [4.69, 9.17) is 9.84 Å². The van der Waals surface area contributed by atoms with E-state index in [-0.39, 0.29) is 12.2 Å². The second kappa shape index (κ2) is 4.87. The van der Waals surface area contributed by atoms with Crippen LogP contribution in [0.1, 0.15) is 27.3 Å². The molecule has 0 amide bonds. The number of carboxylic acids is 1. The highest BCUT2D eigenvalue weighted by molar-refractivity contribution is 5.89. The molecule has 1 aromatic carbocycles. The summed E-state index contributed by atoms with van der Waals surface area (Å²) >= 11 is 0. The molecule has 94 valence electrons. The van der Waals surface area contributed by atoms with Gasteiger partial charge in [-0.25, -0.2) is 9.42 Å². The molecule has 0 saturated carbocycles. The van der Waals surface area contributed by atoms with Crippen molar-refractivity contribution in [3.05, 3.63) is 40.7 Å². The van der Waals surface area contributed by atoms with Crippen molar-refractivity contribution in [3.63, 3.8) is 0 Å². The van der Waals surface area contributed by atoms with Crippen molar-refractivity contribution in [1.29, 1.82) is 0 Å². The van der Waals surface area contributed by atoms with Crippen molar-refractivity contribution in [2.24, 2.45) is 0 Å². The number of aromatic nitrogens is 2. The zero-order valence-corrected chi connectivity index (χ0v) is 10.0. The predicted octanol–water partition coefficient (Wildman–Crippen LogP) is 1.96. The molecule has 0 spiro atoms. The van der Waals surface area contributed by atoms with Crippen LogP contribution in [0.15, 0.2) is 22.8 Å². The minimum absolute atomic E-state index is 0.237. The van der Waals surface area contributed by atoms with E-state index < -0.39 is 5.97 Å². The lowest BCUT2D eigenvalue weighted by Gasteiger charge is -2.06. The highest BCUT2D eigenvalue weighted by Crippen LogP contribution is 2.18. The van der Waals surface area contributed by atoms with Crippen LogP contribution in [0.2, 0.25) is 0 Å². The first-order chi connectivity index (χ1) is 8.58. The number of carbonyl (C=O) groups is 1. The van der Waals surface area contributed by atoms with Crippen LogP contribution in [0.25, 0.3) is 0 Å². The Balaban J connectivity index is 2.09. The van der Waals surface area contributed by atoms with Crippen molar-refractivity contribution in [2.45, 2.75) is 20.5 Å². The van der Waals surface area contributed by atoms with Crippen LogP contribution < -0.4 is 4.74 Å². The Hall–Kier alpha value is -2.37. The van der Waals surface area contributed by atoms with Crippen LogP contribution in [-0.2, 0) is 6.61 Å². The second-order valence-electron chi connectivity index (χ2n) is 3.87. The molecular weight excluding hydrogens is 236 g/mol. The lowest BCUT2D eigenvalue weighted by molar-refractivity contribution is 0.0696. The standard InChI is InChI=1S/C12H12N2O4/c1-7-5-9(3-4-10(7)12(15)16)17-6-11-8(2)13-18-14-11/h3-5H,6H2,1-2H3,(H,15,16). The van der Waals surface area contributed by atoms with E-state index in [0.717, 1.165) is 0 Å². The van der Waals surface area contributed by atoms with Crippen molar-refractivity contribution < 1.29 is 19.3 Å². The third-order valence-corrected chi connectivity index (χ3v) is 2.55. The van der Waals surface area contributed by atoms with Crippen molar-refractivity contribution in [2.75, 3.05) is 0 Å². The molecule has 1 heterocycles. The van der Waals surface area contributed by atoms with Gasteiger partial charge >= 0.3 is 5.97 Å². The maximum Gasteiger partial charge on any atom is 0.335 e. The molecular formula is C12H12N2O4. The van der Waals surface area contributed by atoms with Gasteiger partial charge in [0.05, 0.1) is 5.56 Å². The van der Waals surface area contributed by atoms with Gasteiger partial charge in [-0.05, 0) is 37.6 Å². The summed E-state index contributed by atoms with van der Waals surface area (Å²) in [7, 11) is 0. The molecule has 0 aliphatic carbocycles. The summed E-state index contributed by atoms with van der Waals surface area (Å²) in [6.45, 7) is 3.73. The van der Waals surface area contributed by atoms with E-state index in [1.54, 1.807) is 26.0 Å². The van der Waals surface area contributed by atoms with Gasteiger partial charge in [-0.15, -0.1) is 0 Å². The van der Waals surface area contributed by atoms with Gasteiger partial charge < -0.3 is 9.84 Å². The highest BCUT2D eigenvalue weighted by atomic mass is 16.6. The van der Waals surface area contributed by atoms with E-state index in [1.165, 1.54) is 6.07 Å². The van der Waals surface area contributed by atoms with E-state index in [9.17, 15) is 4.79 Å². The molecule has 1 N–H and O–H groups in total. The SMILES string of the molecule is Cc1cc(OCc2nonc2C)ccc1C(=O)O. The van der Waals surface area contributed by atoms with E-state index in [2.05, 4.69) is 14.9 Å². The summed E-state index contributed by atoms with van der Waals surface area (Å²) in [5.74, 6) is -0.365. The molecule has 6 heteroatoms. The van der Waals surface area contributed by atoms with Crippen molar-refractivity contribution >= 4 is 5.97 Å². The molecule has 2 aromatic rings. The average molecular weight is 248 g/mol. The molecule has 0 radical (unpaired) electrons. The number of nitrogens with zero attached hydrogens (tertiary/aromatic N) is 2. The average Bonchev–Trinajstić information content (AvgIpc) is 2.72. The van der Waals surface area contributed by atoms with Gasteiger partial charge in [0.2, 0.25) is 0 Å². The van der Waals surface area contributed by atoms with E-state index >= 15 is 0 Å². The lowest BCUT2D eigenvalue weighted by Crippen LogP contribution is -2.01. The molecule has 18 heavy (non-hydrogen) atoms. The number of carboxylic acid groups (broad SMARTS) is 1. The summed E-state index contributed by atoms with van der Waals surface area (Å²) in [5, 5.41) is 16.2. The Bertz CT molecular complexity index is 577. The topological polar surface area (TPSA) is 85.5 Å². The van der Waals surface area contributed by atoms with Crippen LogP contribution in [0, 0.1) is 13.8 Å². The van der Waals surface area contributed by atoms with Crippen LogP contribution in [0.3, 0.4) is 0 Å². The van der Waals surface area contributed by atoms with Gasteiger partial charge in [-0.3, -0.25) is 0 Å². The van der Waals surface area contributed by atoms with Gasteiger partial charge in [0, 0.05) is 0 Å². The van der Waals surface area contributed by atoms with Crippen molar-refractivity contribution in [1.82, 2.24) is 10.3 Å². The van der Waals surface area contributed by atoms with Crippen LogP contribution in [-0.4, -0.2) is 21.4 Å². The summed E-state index contributed by atoms with van der Waals surface area (Å²) in [4.78, 5) is 10.9. The third-order valence-electron chi connectivity index (χ3n) is 2.55. The smallest absolute Gasteiger partial charge is 0.335 e. The first-order valence-corrected chi connectivity index (χ1v) is 5.32. The number of rotatable bonds is 4. The normalized spacial score (nSPS) is 10.3. The summed E-state index contributed by atoms with van der Waals surface area (Å²) < 4.78 is 10.0. The zero-order chi connectivity index (χ0) is 13.1. The largest absolute Gasteiger partial charge is 0.487 e. The van der Waals surface area contributed by atoms with Gasteiger partial charge in [0.15, 0.2) is 0 Å². The summed E-state index contributed by atoms with van der Waals surface area (Å²) in [6, 6.07) is 4.80. The quantitative estimate of drug-likeness (QED) is 0.890. The Morgan fingerprint density at radius 1 is 1.39 bits per heavy atom. The molecule has 0 aliphatic heterocycles. The number of ether oxygens (including phenoxy) is 1. The molecule has 0 fully saturated rings. The Morgan fingerprint density at radius 2 is 2.17 bits per heavy atom. The van der Waals surface area contributed by atoms with Crippen LogP contribution in [0.4, 0.5) is 0 Å².